The fraction of sp³-hybridized carbons (Fsp3) is 0.545. The molecule has 2 fully saturated rings. The van der Waals surface area contributed by atoms with Gasteiger partial charge in [-0.1, -0.05) is 6.92 Å². The van der Waals surface area contributed by atoms with E-state index in [4.69, 9.17) is 0 Å². The van der Waals surface area contributed by atoms with Crippen molar-refractivity contribution in [1.82, 2.24) is 20.2 Å². The average molecular weight is 393 g/mol. The lowest BCUT2D eigenvalue weighted by Crippen LogP contribution is -2.53. The lowest BCUT2D eigenvalue weighted by atomic mass is 9.89. The quantitative estimate of drug-likeness (QED) is 0.862. The Morgan fingerprint density at radius 3 is 2.79 bits per heavy atom. The molecule has 0 aliphatic carbocycles. The smallest absolute Gasteiger partial charge is 0.231 e. The van der Waals surface area contributed by atoms with Gasteiger partial charge in [-0.15, -0.1) is 0 Å². The minimum Gasteiger partial charge on any atom is -0.316 e. The monoisotopic (exact) mass is 392 g/mol. The summed E-state index contributed by atoms with van der Waals surface area (Å²) in [5.74, 6) is 0.584. The number of hydrogen-bond donors (Lipinski definition) is 1. The second-order valence-corrected chi connectivity index (χ2v) is 8.46. The molecule has 1 N–H and O–H groups in total. The lowest BCUT2D eigenvalue weighted by molar-refractivity contribution is -0.124. The summed E-state index contributed by atoms with van der Waals surface area (Å²) in [5, 5.41) is 12.9. The molecule has 29 heavy (non-hydrogen) atoms. The maximum Gasteiger partial charge on any atom is 0.231 e. The van der Waals surface area contributed by atoms with Crippen molar-refractivity contribution in [2.45, 2.75) is 32.2 Å². The molecule has 1 aromatic heterocycles. The van der Waals surface area contributed by atoms with Crippen LogP contribution in [0.1, 0.15) is 31.7 Å². The van der Waals surface area contributed by atoms with Gasteiger partial charge in [0.05, 0.1) is 17.2 Å². The number of carbonyl (C=O) groups is 1. The number of aromatic nitrogens is 2. The molecule has 1 amide bonds. The van der Waals surface area contributed by atoms with Gasteiger partial charge in [0.2, 0.25) is 5.91 Å². The van der Waals surface area contributed by atoms with Gasteiger partial charge in [-0.25, -0.2) is 0 Å². The van der Waals surface area contributed by atoms with Crippen molar-refractivity contribution < 1.29 is 4.79 Å². The van der Waals surface area contributed by atoms with E-state index in [0.717, 1.165) is 44.6 Å². The van der Waals surface area contributed by atoms with Gasteiger partial charge < -0.3 is 15.1 Å². The van der Waals surface area contributed by atoms with E-state index < -0.39 is 0 Å². The summed E-state index contributed by atoms with van der Waals surface area (Å²) in [6.07, 6.45) is 6.15. The number of rotatable bonds is 3. The first-order chi connectivity index (χ1) is 14.1. The minimum atomic E-state index is -0.0478. The number of amides is 1. The third-order valence-electron chi connectivity index (χ3n) is 6.11. The minimum absolute atomic E-state index is 0.0478. The lowest BCUT2D eigenvalue weighted by Gasteiger charge is -2.40. The van der Waals surface area contributed by atoms with Crippen LogP contribution in [0.15, 0.2) is 24.5 Å². The number of hydrogen-bond acceptors (Lipinski definition) is 6. The van der Waals surface area contributed by atoms with Gasteiger partial charge >= 0.3 is 0 Å². The number of carbonyl (C=O) groups excluding carboxylic acids is 1. The topological polar surface area (TPSA) is 85.2 Å². The molecule has 2 aromatic rings. The highest BCUT2D eigenvalue weighted by Crippen LogP contribution is 2.32. The Kier molecular flexibility index (Phi) is 5.74. The number of likely N-dealkylation sites (N-methyl/N-ethyl adjacent to an activating group) is 1. The highest BCUT2D eigenvalue weighted by atomic mass is 16.2. The molecule has 2 saturated heterocycles. The van der Waals surface area contributed by atoms with Crippen molar-refractivity contribution in [3.05, 3.63) is 30.1 Å². The maximum absolute atomic E-state index is 13.8. The van der Waals surface area contributed by atoms with Crippen LogP contribution in [0.2, 0.25) is 0 Å². The van der Waals surface area contributed by atoms with E-state index in [9.17, 15) is 10.1 Å². The summed E-state index contributed by atoms with van der Waals surface area (Å²) in [7, 11) is 2.11. The summed E-state index contributed by atoms with van der Waals surface area (Å²) >= 11 is 0. The Hall–Kier alpha value is -2.56. The number of anilines is 1. The fourth-order valence-corrected chi connectivity index (χ4v) is 4.71. The van der Waals surface area contributed by atoms with E-state index in [1.54, 1.807) is 18.5 Å². The van der Waals surface area contributed by atoms with Gasteiger partial charge in [-0.3, -0.25) is 14.8 Å². The summed E-state index contributed by atoms with van der Waals surface area (Å²) in [4.78, 5) is 27.0. The first kappa shape index (κ1) is 19.7. The third-order valence-corrected chi connectivity index (χ3v) is 6.11. The zero-order valence-corrected chi connectivity index (χ0v) is 17.1. The van der Waals surface area contributed by atoms with Crippen LogP contribution >= 0.6 is 0 Å². The van der Waals surface area contributed by atoms with E-state index in [2.05, 4.69) is 40.2 Å². The van der Waals surface area contributed by atoms with Crippen LogP contribution in [0, 0.1) is 23.2 Å². The van der Waals surface area contributed by atoms with E-state index in [0.29, 0.717) is 29.1 Å². The zero-order chi connectivity index (χ0) is 20.4. The molecule has 0 saturated carbocycles. The fourth-order valence-electron chi connectivity index (χ4n) is 4.71. The normalized spacial score (nSPS) is 25.5. The van der Waals surface area contributed by atoms with Gasteiger partial charge in [-0.2, -0.15) is 5.26 Å². The van der Waals surface area contributed by atoms with Gasteiger partial charge in [0.25, 0.3) is 0 Å². The van der Waals surface area contributed by atoms with Crippen LogP contribution in [-0.2, 0) is 4.79 Å². The molecule has 7 nitrogen and oxygen atoms in total. The Morgan fingerprint density at radius 2 is 2.07 bits per heavy atom. The molecule has 3 heterocycles. The second kappa shape index (κ2) is 8.44. The second-order valence-electron chi connectivity index (χ2n) is 8.46. The Labute approximate surface area is 171 Å². The number of nitrogens with one attached hydrogen (secondary N) is 1. The Bertz CT molecular complexity index is 939. The number of nitriles is 1. The largest absolute Gasteiger partial charge is 0.316 e. The number of benzene rings is 1. The van der Waals surface area contributed by atoms with Crippen LogP contribution < -0.4 is 10.2 Å². The highest BCUT2D eigenvalue weighted by molar-refractivity contribution is 6.03. The predicted octanol–water partition coefficient (Wildman–Crippen LogP) is 2.17. The number of likely N-dealkylation sites (tertiary alicyclic amines) is 1. The van der Waals surface area contributed by atoms with Crippen LogP contribution in [0.25, 0.3) is 11.0 Å². The molecule has 4 rings (SSSR count). The molecular formula is C22H28N6O. The molecule has 7 heteroatoms. The van der Waals surface area contributed by atoms with Crippen molar-refractivity contribution in [2.24, 2.45) is 11.8 Å². The van der Waals surface area contributed by atoms with Crippen LogP contribution in [0.4, 0.5) is 5.69 Å². The molecule has 1 aromatic carbocycles. The van der Waals surface area contributed by atoms with Crippen molar-refractivity contribution >= 4 is 22.6 Å². The third kappa shape index (κ3) is 3.96. The van der Waals surface area contributed by atoms with Gasteiger partial charge in [-0.05, 0) is 57.5 Å². The van der Waals surface area contributed by atoms with Gasteiger partial charge in [0.1, 0.15) is 17.1 Å². The number of fused-ring (bicyclic) bond motifs is 1. The van der Waals surface area contributed by atoms with E-state index >= 15 is 0 Å². The van der Waals surface area contributed by atoms with Crippen LogP contribution in [0.3, 0.4) is 0 Å². The van der Waals surface area contributed by atoms with Crippen molar-refractivity contribution in [3.8, 4) is 6.07 Å². The van der Waals surface area contributed by atoms with Crippen molar-refractivity contribution in [2.75, 3.05) is 38.1 Å². The average Bonchev–Trinajstić information content (AvgIpc) is 2.74. The summed E-state index contributed by atoms with van der Waals surface area (Å²) in [5.41, 5.74) is 2.45. The first-order valence-corrected chi connectivity index (χ1v) is 10.4. The summed E-state index contributed by atoms with van der Waals surface area (Å²) < 4.78 is 0. The summed E-state index contributed by atoms with van der Waals surface area (Å²) in [6.45, 7) is 5.74. The molecule has 2 aliphatic heterocycles. The molecule has 2 aliphatic rings. The van der Waals surface area contributed by atoms with Crippen LogP contribution in [0.5, 0.6) is 0 Å². The first-order valence-electron chi connectivity index (χ1n) is 10.4. The predicted molar refractivity (Wildman–Crippen MR) is 112 cm³/mol. The summed E-state index contributed by atoms with van der Waals surface area (Å²) in [6, 6.07) is 5.93. The molecule has 1 unspecified atom stereocenters. The number of piperidine rings is 2. The number of nitrogens with zero attached hydrogens (tertiary/aromatic N) is 5. The molecule has 0 spiro atoms. The molecule has 0 radical (unpaired) electrons. The SMILES string of the molecule is C[C@H]1CNC[C@H](C(=O)N(c2ccc(C#N)c3nccnc23)C2CCCN(C)C2)C1. The zero-order valence-electron chi connectivity index (χ0n) is 17.1. The van der Waals surface area contributed by atoms with Crippen LogP contribution in [-0.4, -0.2) is 60.0 Å². The standard InChI is InChI=1S/C22H28N6O/c1-15-10-17(13-24-12-15)22(29)28(18-4-3-9-27(2)14-18)19-6-5-16(11-23)20-21(19)26-8-7-25-20/h5-8,15,17-18,24H,3-4,9-10,12-14H2,1-2H3/t15-,17-,18?/m1/s1. The molecule has 152 valence electrons. The van der Waals surface area contributed by atoms with Gasteiger partial charge in [0.15, 0.2) is 0 Å². The van der Waals surface area contributed by atoms with E-state index in [1.807, 2.05) is 11.0 Å². The maximum atomic E-state index is 13.8. The van der Waals surface area contributed by atoms with Gasteiger partial charge in [0, 0.05) is 31.5 Å². The highest BCUT2D eigenvalue weighted by Gasteiger charge is 2.36. The molecule has 3 atom stereocenters. The Balaban J connectivity index is 1.79. The van der Waals surface area contributed by atoms with Crippen molar-refractivity contribution in [3.63, 3.8) is 0 Å². The van der Waals surface area contributed by atoms with Crippen molar-refractivity contribution in [1.29, 1.82) is 5.26 Å². The van der Waals surface area contributed by atoms with E-state index in [-0.39, 0.29) is 17.9 Å². The Morgan fingerprint density at radius 1 is 1.28 bits per heavy atom. The molecule has 0 bridgehead atoms. The molecular weight excluding hydrogens is 364 g/mol. The van der Waals surface area contributed by atoms with E-state index in [1.165, 1.54) is 0 Å².